The molecule has 0 N–H and O–H groups in total. The van der Waals surface area contributed by atoms with Crippen LogP contribution in [0, 0.1) is 13.8 Å². The molecule has 0 aromatic heterocycles. The highest BCUT2D eigenvalue weighted by Crippen LogP contribution is 2.52. The van der Waals surface area contributed by atoms with Crippen LogP contribution in [0.25, 0.3) is 0 Å². The molecule has 0 radical (unpaired) electrons. The molecule has 1 aliphatic heterocycles. The van der Waals surface area contributed by atoms with Gasteiger partial charge in [-0.25, -0.2) is 0 Å². The van der Waals surface area contributed by atoms with Crippen molar-refractivity contribution in [3.8, 4) is 11.5 Å². The van der Waals surface area contributed by atoms with E-state index in [4.69, 9.17) is 4.74 Å². The molecule has 1 aliphatic rings. The zero-order valence-corrected chi connectivity index (χ0v) is 14.3. The molecule has 3 aromatic rings. The Labute approximate surface area is 143 Å². The number of ether oxygens (including phenoxy) is 1. The minimum Gasteiger partial charge on any atom is -0.452 e. The number of para-hydroxylation sites is 2. The summed E-state index contributed by atoms with van der Waals surface area (Å²) in [6, 6.07) is 23.5. The van der Waals surface area contributed by atoms with Gasteiger partial charge in [0.15, 0.2) is 11.5 Å². The van der Waals surface area contributed by atoms with Crippen LogP contribution in [0.15, 0.2) is 66.7 Å². The molecule has 1 atom stereocenters. The Morgan fingerprint density at radius 2 is 1.25 bits per heavy atom. The van der Waals surface area contributed by atoms with E-state index in [-0.39, 0.29) is 6.04 Å². The highest BCUT2D eigenvalue weighted by molar-refractivity contribution is 5.81. The van der Waals surface area contributed by atoms with Crippen molar-refractivity contribution in [3.05, 3.63) is 83.4 Å². The molecule has 0 spiro atoms. The number of anilines is 2. The van der Waals surface area contributed by atoms with Crippen molar-refractivity contribution in [2.45, 2.75) is 26.8 Å². The van der Waals surface area contributed by atoms with Crippen molar-refractivity contribution in [1.29, 1.82) is 0 Å². The van der Waals surface area contributed by atoms with Gasteiger partial charge >= 0.3 is 0 Å². The number of rotatable bonds is 2. The van der Waals surface area contributed by atoms with E-state index in [1.807, 2.05) is 0 Å². The lowest BCUT2D eigenvalue weighted by molar-refractivity contribution is 0.461. The number of hydrogen-bond donors (Lipinski definition) is 0. The zero-order valence-electron chi connectivity index (χ0n) is 14.3. The fourth-order valence-corrected chi connectivity index (χ4v) is 3.45. The van der Waals surface area contributed by atoms with Gasteiger partial charge in [-0.15, -0.1) is 0 Å². The first-order valence-corrected chi connectivity index (χ1v) is 8.38. The molecule has 4 rings (SSSR count). The van der Waals surface area contributed by atoms with E-state index >= 15 is 0 Å². The van der Waals surface area contributed by atoms with E-state index in [0.717, 1.165) is 34.0 Å². The maximum absolute atomic E-state index is 6.31. The van der Waals surface area contributed by atoms with Gasteiger partial charge in [-0.05, 0) is 49.6 Å². The summed E-state index contributed by atoms with van der Waals surface area (Å²) in [5.41, 5.74) is 5.87. The molecule has 24 heavy (non-hydrogen) atoms. The van der Waals surface area contributed by atoms with Crippen LogP contribution >= 0.6 is 0 Å². The van der Waals surface area contributed by atoms with E-state index in [0.29, 0.717) is 0 Å². The average molecular weight is 315 g/mol. The highest BCUT2D eigenvalue weighted by Gasteiger charge is 2.30. The number of benzene rings is 3. The van der Waals surface area contributed by atoms with Crippen LogP contribution < -0.4 is 9.64 Å². The molecule has 3 aromatic carbocycles. The maximum Gasteiger partial charge on any atom is 0.154 e. The molecule has 0 bridgehead atoms. The number of fused-ring (bicyclic) bond motifs is 2. The molecule has 2 heteroatoms. The first-order chi connectivity index (χ1) is 11.7. The van der Waals surface area contributed by atoms with Crippen molar-refractivity contribution in [1.82, 2.24) is 0 Å². The van der Waals surface area contributed by atoms with E-state index < -0.39 is 0 Å². The molecular weight excluding hydrogens is 294 g/mol. The van der Waals surface area contributed by atoms with Gasteiger partial charge in [0.05, 0.1) is 17.4 Å². The quantitative estimate of drug-likeness (QED) is 0.549. The number of aryl methyl sites for hydroxylation is 2. The van der Waals surface area contributed by atoms with Crippen LogP contribution in [-0.4, -0.2) is 0 Å². The first-order valence-electron chi connectivity index (χ1n) is 8.38. The van der Waals surface area contributed by atoms with E-state index in [1.54, 1.807) is 0 Å². The Hall–Kier alpha value is -2.74. The fourth-order valence-electron chi connectivity index (χ4n) is 3.45. The summed E-state index contributed by atoms with van der Waals surface area (Å²) >= 11 is 0. The van der Waals surface area contributed by atoms with Gasteiger partial charge in [-0.3, -0.25) is 0 Å². The number of nitrogens with zero attached hydrogens (tertiary/aromatic N) is 1. The van der Waals surface area contributed by atoms with Crippen LogP contribution in [0.4, 0.5) is 11.4 Å². The Morgan fingerprint density at radius 3 is 1.79 bits per heavy atom. The van der Waals surface area contributed by atoms with Crippen LogP contribution in [0.1, 0.15) is 29.7 Å². The third-order valence-electron chi connectivity index (χ3n) is 4.77. The Morgan fingerprint density at radius 1 is 0.708 bits per heavy atom. The first kappa shape index (κ1) is 14.8. The SMILES string of the molecule is Cc1cccc2c1Oc1c(C)cccc1N2C(C)c1ccccc1. The zero-order chi connectivity index (χ0) is 16.7. The maximum atomic E-state index is 6.31. The predicted molar refractivity (Wildman–Crippen MR) is 99.4 cm³/mol. The summed E-state index contributed by atoms with van der Waals surface area (Å²) in [7, 11) is 0. The highest BCUT2D eigenvalue weighted by atomic mass is 16.5. The largest absolute Gasteiger partial charge is 0.452 e. The molecular formula is C22H21NO. The Balaban J connectivity index is 1.93. The van der Waals surface area contributed by atoms with Gasteiger partial charge in [-0.2, -0.15) is 0 Å². The predicted octanol–water partition coefficient (Wildman–Crippen LogP) is 6.31. The topological polar surface area (TPSA) is 12.5 Å². The normalized spacial score (nSPS) is 13.7. The van der Waals surface area contributed by atoms with Crippen LogP contribution in [0.2, 0.25) is 0 Å². The molecule has 0 saturated heterocycles. The summed E-state index contributed by atoms with van der Waals surface area (Å²) in [5.74, 6) is 1.92. The molecule has 120 valence electrons. The second-order valence-electron chi connectivity index (χ2n) is 6.41. The monoisotopic (exact) mass is 315 g/mol. The minimum atomic E-state index is 0.219. The molecule has 2 nitrogen and oxygen atoms in total. The van der Waals surface area contributed by atoms with E-state index in [2.05, 4.69) is 92.4 Å². The van der Waals surface area contributed by atoms with Gasteiger partial charge in [0.2, 0.25) is 0 Å². The second-order valence-corrected chi connectivity index (χ2v) is 6.41. The smallest absolute Gasteiger partial charge is 0.154 e. The Bertz CT molecular complexity index is 834. The molecule has 0 aliphatic carbocycles. The molecule has 0 fully saturated rings. The summed E-state index contributed by atoms with van der Waals surface area (Å²) in [6.45, 7) is 6.46. The van der Waals surface area contributed by atoms with Gasteiger partial charge in [0, 0.05) is 0 Å². The summed E-state index contributed by atoms with van der Waals surface area (Å²) in [6.07, 6.45) is 0. The van der Waals surface area contributed by atoms with Crippen molar-refractivity contribution >= 4 is 11.4 Å². The summed E-state index contributed by atoms with van der Waals surface area (Å²) < 4.78 is 6.31. The average Bonchev–Trinajstić information content (AvgIpc) is 2.61. The third-order valence-corrected chi connectivity index (χ3v) is 4.77. The van der Waals surface area contributed by atoms with Gasteiger partial charge in [0.1, 0.15) is 0 Å². The lowest BCUT2D eigenvalue weighted by atomic mass is 10.0. The third kappa shape index (κ3) is 2.26. The van der Waals surface area contributed by atoms with Crippen LogP contribution in [-0.2, 0) is 0 Å². The lowest BCUT2D eigenvalue weighted by Gasteiger charge is -2.38. The van der Waals surface area contributed by atoms with E-state index in [9.17, 15) is 0 Å². The molecule has 1 heterocycles. The van der Waals surface area contributed by atoms with Gasteiger partial charge < -0.3 is 9.64 Å². The van der Waals surface area contributed by atoms with Gasteiger partial charge in [-0.1, -0.05) is 54.6 Å². The standard InChI is InChI=1S/C22H21NO/c1-15-9-7-13-19-21(15)24-22-16(2)10-8-14-20(22)23(19)17(3)18-11-5-4-6-12-18/h4-14,17H,1-3H3. The van der Waals surface area contributed by atoms with Crippen molar-refractivity contribution in [2.24, 2.45) is 0 Å². The molecule has 0 amide bonds. The van der Waals surface area contributed by atoms with E-state index in [1.165, 1.54) is 5.56 Å². The Kier molecular flexibility index (Phi) is 3.53. The molecule has 0 saturated carbocycles. The van der Waals surface area contributed by atoms with Crippen molar-refractivity contribution < 1.29 is 4.74 Å². The second kappa shape index (κ2) is 5.72. The van der Waals surface area contributed by atoms with Crippen molar-refractivity contribution in [3.63, 3.8) is 0 Å². The summed E-state index contributed by atoms with van der Waals surface area (Å²) in [4.78, 5) is 2.39. The van der Waals surface area contributed by atoms with Gasteiger partial charge in [0.25, 0.3) is 0 Å². The fraction of sp³-hybridized carbons (Fsp3) is 0.182. The van der Waals surface area contributed by atoms with Crippen molar-refractivity contribution in [2.75, 3.05) is 4.90 Å². The number of hydrogen-bond acceptors (Lipinski definition) is 2. The van der Waals surface area contributed by atoms with Crippen LogP contribution in [0.5, 0.6) is 11.5 Å². The minimum absolute atomic E-state index is 0.219. The van der Waals surface area contributed by atoms with Crippen LogP contribution in [0.3, 0.4) is 0 Å². The summed E-state index contributed by atoms with van der Waals surface area (Å²) in [5, 5.41) is 0. The lowest BCUT2D eigenvalue weighted by Crippen LogP contribution is -2.25. The molecule has 1 unspecified atom stereocenters.